The molecule has 4 rings (SSSR count). The second-order valence-electron chi connectivity index (χ2n) is 7.80. The monoisotopic (exact) mass is 593 g/mol. The number of alkyl halides is 6. The van der Waals surface area contributed by atoms with Crippen LogP contribution in [0.5, 0.6) is 0 Å². The number of nitrogens with zero attached hydrogens (tertiary/aromatic N) is 5. The van der Waals surface area contributed by atoms with Gasteiger partial charge in [-0.3, -0.25) is 0 Å². The summed E-state index contributed by atoms with van der Waals surface area (Å²) < 4.78 is 127. The molecule has 17 heteroatoms. The van der Waals surface area contributed by atoms with Crippen molar-refractivity contribution in [2.45, 2.75) is 35.3 Å². The van der Waals surface area contributed by atoms with Gasteiger partial charge in [-0.05, 0) is 37.3 Å². The molecule has 4 aromatic rings. The van der Waals surface area contributed by atoms with Gasteiger partial charge in [0.05, 0.1) is 15.5 Å². The van der Waals surface area contributed by atoms with Crippen molar-refractivity contribution in [3.05, 3.63) is 48.4 Å². The Labute approximate surface area is 217 Å². The first-order chi connectivity index (χ1) is 18.1. The smallest absolute Gasteiger partial charge is 0.435 e. The molecule has 1 unspecified atom stereocenters. The quantitative estimate of drug-likeness (QED) is 0.267. The molecule has 0 aliphatic rings. The van der Waals surface area contributed by atoms with Gasteiger partial charge < -0.3 is 4.42 Å². The maximum atomic E-state index is 13.6. The SMILES string of the molecule is CCN=S(=O)(c1ccc2oc(-c3ncc(-c4nccc(C(F)(F)F)n4)cc3S(=O)(=O)CC)nc2c1)C(F)(F)F. The first kappa shape index (κ1) is 28.4. The van der Waals surface area contributed by atoms with E-state index in [-0.39, 0.29) is 28.9 Å². The third-order valence-electron chi connectivity index (χ3n) is 5.28. The number of fused-ring (bicyclic) bond motifs is 1. The lowest BCUT2D eigenvalue weighted by Crippen LogP contribution is -2.23. The number of sulfone groups is 1. The Kier molecular flexibility index (Phi) is 7.18. The highest BCUT2D eigenvalue weighted by molar-refractivity contribution is 7.94. The summed E-state index contributed by atoms with van der Waals surface area (Å²) >= 11 is 0. The lowest BCUT2D eigenvalue weighted by Gasteiger charge is -2.13. The third kappa shape index (κ3) is 5.32. The molecule has 0 N–H and O–H groups in total. The molecule has 208 valence electrons. The van der Waals surface area contributed by atoms with Crippen molar-refractivity contribution in [1.29, 1.82) is 0 Å². The average Bonchev–Trinajstić information content (AvgIpc) is 3.31. The lowest BCUT2D eigenvalue weighted by molar-refractivity contribution is -0.141. The van der Waals surface area contributed by atoms with E-state index < -0.39 is 64.2 Å². The minimum absolute atomic E-state index is 0.0684. The van der Waals surface area contributed by atoms with Crippen LogP contribution in [0.3, 0.4) is 0 Å². The van der Waals surface area contributed by atoms with Gasteiger partial charge in [0.15, 0.2) is 31.0 Å². The van der Waals surface area contributed by atoms with E-state index in [1.54, 1.807) is 0 Å². The Hall–Kier alpha value is -3.60. The molecule has 9 nitrogen and oxygen atoms in total. The van der Waals surface area contributed by atoms with E-state index in [4.69, 9.17) is 4.42 Å². The van der Waals surface area contributed by atoms with E-state index in [1.165, 1.54) is 13.8 Å². The highest BCUT2D eigenvalue weighted by Gasteiger charge is 2.44. The number of benzene rings is 1. The fourth-order valence-corrected chi connectivity index (χ4v) is 5.92. The average molecular weight is 594 g/mol. The normalized spacial score (nSPS) is 14.4. The van der Waals surface area contributed by atoms with Crippen molar-refractivity contribution in [3.8, 4) is 23.0 Å². The fraction of sp³-hybridized carbons (Fsp3) is 0.273. The number of hydrogen-bond donors (Lipinski definition) is 0. The van der Waals surface area contributed by atoms with Gasteiger partial charge in [0.1, 0.15) is 16.9 Å². The maximum absolute atomic E-state index is 13.6. The molecule has 1 atom stereocenters. The Morgan fingerprint density at radius 1 is 0.949 bits per heavy atom. The van der Waals surface area contributed by atoms with E-state index >= 15 is 0 Å². The van der Waals surface area contributed by atoms with Crippen molar-refractivity contribution < 1.29 is 43.4 Å². The molecular weight excluding hydrogens is 576 g/mol. The summed E-state index contributed by atoms with van der Waals surface area (Å²) in [6.07, 6.45) is -2.91. The number of aromatic nitrogens is 4. The van der Waals surface area contributed by atoms with Gasteiger partial charge in [0.25, 0.3) is 0 Å². The number of halogens is 6. The lowest BCUT2D eigenvalue weighted by atomic mass is 10.2. The molecule has 0 aliphatic carbocycles. The fourth-order valence-electron chi connectivity index (χ4n) is 3.42. The maximum Gasteiger partial charge on any atom is 0.483 e. The molecule has 0 amide bonds. The van der Waals surface area contributed by atoms with Crippen molar-refractivity contribution in [2.75, 3.05) is 12.3 Å². The van der Waals surface area contributed by atoms with Gasteiger partial charge >= 0.3 is 11.7 Å². The van der Waals surface area contributed by atoms with Crippen LogP contribution in [-0.2, 0) is 25.7 Å². The van der Waals surface area contributed by atoms with E-state index in [9.17, 15) is 39.0 Å². The predicted octanol–water partition coefficient (Wildman–Crippen LogP) is 5.53. The first-order valence-electron chi connectivity index (χ1n) is 10.9. The van der Waals surface area contributed by atoms with Crippen LogP contribution in [-0.4, -0.2) is 50.4 Å². The highest BCUT2D eigenvalue weighted by Crippen LogP contribution is 2.36. The second kappa shape index (κ2) is 9.86. The number of rotatable bonds is 6. The van der Waals surface area contributed by atoms with Crippen LogP contribution in [0.1, 0.15) is 19.5 Å². The van der Waals surface area contributed by atoms with Crippen LogP contribution in [0.25, 0.3) is 34.1 Å². The van der Waals surface area contributed by atoms with Gasteiger partial charge in [0, 0.05) is 24.5 Å². The summed E-state index contributed by atoms with van der Waals surface area (Å²) in [6.45, 7) is 2.24. The summed E-state index contributed by atoms with van der Waals surface area (Å²) in [7, 11) is -8.92. The molecule has 0 radical (unpaired) electrons. The summed E-state index contributed by atoms with van der Waals surface area (Å²) in [5, 5.41) is 0. The predicted molar refractivity (Wildman–Crippen MR) is 126 cm³/mol. The molecule has 0 aliphatic heterocycles. The van der Waals surface area contributed by atoms with E-state index in [1.807, 2.05) is 0 Å². The van der Waals surface area contributed by atoms with E-state index in [2.05, 4.69) is 24.3 Å². The number of hydrogen-bond acceptors (Lipinski definition) is 9. The number of oxazole rings is 1. The Morgan fingerprint density at radius 3 is 2.28 bits per heavy atom. The van der Waals surface area contributed by atoms with Crippen molar-refractivity contribution in [1.82, 2.24) is 19.9 Å². The van der Waals surface area contributed by atoms with E-state index in [0.717, 1.165) is 36.7 Å². The van der Waals surface area contributed by atoms with Gasteiger partial charge in [-0.15, -0.1) is 0 Å². The number of pyridine rings is 1. The molecule has 0 spiro atoms. The molecule has 3 aromatic heterocycles. The first-order valence-corrected chi connectivity index (χ1v) is 14.1. The zero-order valence-electron chi connectivity index (χ0n) is 19.9. The van der Waals surface area contributed by atoms with Crippen LogP contribution < -0.4 is 0 Å². The molecule has 0 bridgehead atoms. The molecule has 0 saturated heterocycles. The van der Waals surface area contributed by atoms with Crippen LogP contribution in [0, 0.1) is 0 Å². The van der Waals surface area contributed by atoms with Crippen LogP contribution in [0.4, 0.5) is 26.3 Å². The zero-order chi connectivity index (χ0) is 28.8. The second-order valence-corrected chi connectivity index (χ2v) is 12.3. The Morgan fingerprint density at radius 2 is 1.67 bits per heavy atom. The van der Waals surface area contributed by atoms with Crippen molar-refractivity contribution in [3.63, 3.8) is 0 Å². The van der Waals surface area contributed by atoms with Gasteiger partial charge in [-0.2, -0.15) is 26.3 Å². The largest absolute Gasteiger partial charge is 0.483 e. The highest BCUT2D eigenvalue weighted by atomic mass is 32.2. The molecule has 0 saturated carbocycles. The molecule has 39 heavy (non-hydrogen) atoms. The summed E-state index contributed by atoms with van der Waals surface area (Å²) in [5.41, 5.74) is -7.18. The Bertz CT molecular complexity index is 1790. The van der Waals surface area contributed by atoms with Crippen LogP contribution in [0.15, 0.2) is 61.3 Å². The summed E-state index contributed by atoms with van der Waals surface area (Å²) in [4.78, 5) is 14.1. The third-order valence-corrected chi connectivity index (χ3v) is 9.16. The molecule has 1 aromatic carbocycles. The zero-order valence-corrected chi connectivity index (χ0v) is 21.5. The molecular formula is C22H17F6N5O4S2. The minimum atomic E-state index is -5.17. The van der Waals surface area contributed by atoms with Crippen molar-refractivity contribution >= 4 is 30.7 Å². The van der Waals surface area contributed by atoms with E-state index in [0.29, 0.717) is 6.07 Å². The van der Waals surface area contributed by atoms with Gasteiger partial charge in [-0.1, -0.05) is 6.92 Å². The summed E-state index contributed by atoms with van der Waals surface area (Å²) in [6, 6.07) is 4.52. The molecule has 3 heterocycles. The Balaban J connectivity index is 1.89. The summed E-state index contributed by atoms with van der Waals surface area (Å²) in [5.74, 6) is -1.29. The van der Waals surface area contributed by atoms with Gasteiger partial charge in [-0.25, -0.2) is 36.9 Å². The van der Waals surface area contributed by atoms with Crippen LogP contribution >= 0.6 is 0 Å². The van der Waals surface area contributed by atoms with Gasteiger partial charge in [0.2, 0.25) is 5.89 Å². The van der Waals surface area contributed by atoms with Crippen LogP contribution in [0.2, 0.25) is 0 Å². The standard InChI is InChI=1S/C22H17F6N5O4S2/c1-3-31-39(36,22(26,27)28)13-5-6-15-14(10-13)32-20(37-15)18-16(38(34,35)4-2)9-12(11-30-18)19-29-8-7-17(33-19)21(23,24)25/h5-11H,3-4H2,1-2H3. The van der Waals surface area contributed by atoms with Crippen molar-refractivity contribution in [2.24, 2.45) is 4.36 Å². The minimum Gasteiger partial charge on any atom is -0.435 e. The topological polar surface area (TPSA) is 128 Å². The molecule has 0 fully saturated rings.